The van der Waals surface area contributed by atoms with Crippen LogP contribution >= 0.6 is 11.3 Å². The maximum Gasteiger partial charge on any atom is 0.229 e. The maximum absolute atomic E-state index is 6.14. The van der Waals surface area contributed by atoms with Gasteiger partial charge < -0.3 is 10.3 Å². The molecule has 1 unspecified atom stereocenters. The number of thiophene rings is 1. The molecule has 5 heteroatoms. The highest BCUT2D eigenvalue weighted by Gasteiger charge is 2.30. The summed E-state index contributed by atoms with van der Waals surface area (Å²) in [6, 6.07) is 3.92. The van der Waals surface area contributed by atoms with Gasteiger partial charge in [0.15, 0.2) is 5.82 Å². The Labute approximate surface area is 104 Å². The summed E-state index contributed by atoms with van der Waals surface area (Å²) < 4.78 is 5.23. The fourth-order valence-electron chi connectivity index (χ4n) is 1.75. The third-order valence-corrected chi connectivity index (χ3v) is 4.31. The summed E-state index contributed by atoms with van der Waals surface area (Å²) >= 11 is 1.72. The van der Waals surface area contributed by atoms with E-state index in [1.165, 1.54) is 4.88 Å². The van der Waals surface area contributed by atoms with Crippen molar-refractivity contribution in [3.63, 3.8) is 0 Å². The number of aromatic nitrogens is 2. The van der Waals surface area contributed by atoms with Crippen molar-refractivity contribution in [1.29, 1.82) is 0 Å². The number of rotatable bonds is 4. The van der Waals surface area contributed by atoms with Gasteiger partial charge in [0, 0.05) is 15.7 Å². The Morgan fingerprint density at radius 3 is 3.00 bits per heavy atom. The van der Waals surface area contributed by atoms with Crippen LogP contribution in [0.2, 0.25) is 0 Å². The zero-order valence-corrected chi connectivity index (χ0v) is 10.5. The highest BCUT2D eigenvalue weighted by Crippen LogP contribution is 2.39. The Bertz CT molecular complexity index is 515. The third kappa shape index (κ3) is 2.12. The molecule has 90 valence electrons. The van der Waals surface area contributed by atoms with E-state index in [-0.39, 0.29) is 6.04 Å². The number of nitrogens with zero attached hydrogens (tertiary/aromatic N) is 2. The minimum atomic E-state index is -0.253. The van der Waals surface area contributed by atoms with Gasteiger partial charge in [-0.25, -0.2) is 0 Å². The number of aryl methyl sites for hydroxylation is 1. The van der Waals surface area contributed by atoms with E-state index in [0.717, 1.165) is 30.0 Å². The lowest BCUT2D eigenvalue weighted by molar-refractivity contribution is 0.372. The standard InChI is InChI=1S/C12H15N3OS/c1-2-8-5-6-9(17-8)10(13)11-14-12(16-15-11)7-3-4-7/h5-7,10H,2-4,13H2,1H3. The molecular weight excluding hydrogens is 234 g/mol. The van der Waals surface area contributed by atoms with Gasteiger partial charge in [0.2, 0.25) is 5.89 Å². The van der Waals surface area contributed by atoms with Crippen LogP contribution in [0.5, 0.6) is 0 Å². The molecule has 1 aliphatic rings. The summed E-state index contributed by atoms with van der Waals surface area (Å²) in [6.07, 6.45) is 3.36. The van der Waals surface area contributed by atoms with Gasteiger partial charge in [-0.3, -0.25) is 0 Å². The summed E-state index contributed by atoms with van der Waals surface area (Å²) in [5, 5.41) is 3.98. The van der Waals surface area contributed by atoms with Gasteiger partial charge in [0.25, 0.3) is 0 Å². The molecule has 17 heavy (non-hydrogen) atoms. The minimum absolute atomic E-state index is 0.253. The SMILES string of the molecule is CCc1ccc(C(N)c2noc(C3CC3)n2)s1. The van der Waals surface area contributed by atoms with Crippen LogP contribution in [0.25, 0.3) is 0 Å². The number of hydrogen-bond donors (Lipinski definition) is 1. The van der Waals surface area contributed by atoms with Gasteiger partial charge in [-0.05, 0) is 31.4 Å². The van der Waals surface area contributed by atoms with Crippen LogP contribution in [-0.4, -0.2) is 10.1 Å². The molecule has 0 radical (unpaired) electrons. The van der Waals surface area contributed by atoms with Gasteiger partial charge >= 0.3 is 0 Å². The lowest BCUT2D eigenvalue weighted by atomic mass is 10.2. The fraction of sp³-hybridized carbons (Fsp3) is 0.500. The predicted octanol–water partition coefficient (Wildman–Crippen LogP) is 2.62. The normalized spacial score (nSPS) is 17.3. The molecule has 2 aromatic heterocycles. The largest absolute Gasteiger partial charge is 0.339 e. The van der Waals surface area contributed by atoms with E-state index in [4.69, 9.17) is 10.3 Å². The zero-order chi connectivity index (χ0) is 11.8. The van der Waals surface area contributed by atoms with Crippen molar-refractivity contribution < 1.29 is 4.52 Å². The first kappa shape index (κ1) is 10.9. The van der Waals surface area contributed by atoms with Crippen molar-refractivity contribution >= 4 is 11.3 Å². The quantitative estimate of drug-likeness (QED) is 0.904. The van der Waals surface area contributed by atoms with Crippen LogP contribution in [-0.2, 0) is 6.42 Å². The lowest BCUT2D eigenvalue weighted by Crippen LogP contribution is -2.12. The molecule has 0 saturated heterocycles. The fourth-order valence-corrected chi connectivity index (χ4v) is 2.70. The first-order chi connectivity index (χ1) is 8.28. The maximum atomic E-state index is 6.14. The van der Waals surface area contributed by atoms with E-state index >= 15 is 0 Å². The average Bonchev–Trinajstić information content (AvgIpc) is 2.93. The zero-order valence-electron chi connectivity index (χ0n) is 9.72. The summed E-state index contributed by atoms with van der Waals surface area (Å²) in [6.45, 7) is 2.14. The van der Waals surface area contributed by atoms with E-state index < -0.39 is 0 Å². The Morgan fingerprint density at radius 1 is 1.53 bits per heavy atom. The van der Waals surface area contributed by atoms with Crippen molar-refractivity contribution in [1.82, 2.24) is 10.1 Å². The van der Waals surface area contributed by atoms with Crippen LogP contribution in [0.1, 0.15) is 53.2 Å². The molecule has 0 amide bonds. The smallest absolute Gasteiger partial charge is 0.229 e. The van der Waals surface area contributed by atoms with Gasteiger partial charge in [-0.15, -0.1) is 11.3 Å². The summed E-state index contributed by atoms with van der Waals surface area (Å²) in [5.74, 6) is 1.84. The highest BCUT2D eigenvalue weighted by molar-refractivity contribution is 7.12. The molecule has 0 spiro atoms. The molecule has 1 fully saturated rings. The molecule has 1 aliphatic carbocycles. The van der Waals surface area contributed by atoms with Crippen LogP contribution in [0.3, 0.4) is 0 Å². The molecule has 0 aliphatic heterocycles. The summed E-state index contributed by atoms with van der Waals surface area (Å²) in [7, 11) is 0. The molecule has 1 saturated carbocycles. The second-order valence-corrected chi connectivity index (χ2v) is 5.60. The summed E-state index contributed by atoms with van der Waals surface area (Å²) in [5.41, 5.74) is 6.14. The molecule has 4 nitrogen and oxygen atoms in total. The second kappa shape index (κ2) is 4.23. The molecule has 0 bridgehead atoms. The predicted molar refractivity (Wildman–Crippen MR) is 66.0 cm³/mol. The van der Waals surface area contributed by atoms with Crippen molar-refractivity contribution in [3.8, 4) is 0 Å². The molecule has 2 heterocycles. The molecule has 1 atom stereocenters. The van der Waals surface area contributed by atoms with Crippen LogP contribution in [0.15, 0.2) is 16.7 Å². The Hall–Kier alpha value is -1.20. The van der Waals surface area contributed by atoms with E-state index in [9.17, 15) is 0 Å². The third-order valence-electron chi connectivity index (χ3n) is 3.00. The van der Waals surface area contributed by atoms with Crippen molar-refractivity contribution in [2.45, 2.75) is 38.1 Å². The monoisotopic (exact) mass is 249 g/mol. The molecule has 0 aromatic carbocycles. The Balaban J connectivity index is 1.81. The van der Waals surface area contributed by atoms with E-state index in [1.54, 1.807) is 11.3 Å². The Kier molecular flexibility index (Phi) is 2.72. The van der Waals surface area contributed by atoms with Gasteiger partial charge in [0.1, 0.15) is 6.04 Å². The Morgan fingerprint density at radius 2 is 2.35 bits per heavy atom. The second-order valence-electron chi connectivity index (χ2n) is 4.40. The van der Waals surface area contributed by atoms with Crippen molar-refractivity contribution in [2.24, 2.45) is 5.73 Å². The molecule has 2 N–H and O–H groups in total. The number of hydrogen-bond acceptors (Lipinski definition) is 5. The lowest BCUT2D eigenvalue weighted by Gasteiger charge is -2.02. The topological polar surface area (TPSA) is 64.9 Å². The van der Waals surface area contributed by atoms with Gasteiger partial charge in [0.05, 0.1) is 0 Å². The van der Waals surface area contributed by atoms with E-state index in [1.807, 2.05) is 0 Å². The average molecular weight is 249 g/mol. The first-order valence-corrected chi connectivity index (χ1v) is 6.77. The minimum Gasteiger partial charge on any atom is -0.339 e. The van der Waals surface area contributed by atoms with Gasteiger partial charge in [-0.2, -0.15) is 4.98 Å². The number of nitrogens with two attached hydrogens (primary N) is 1. The molecule has 3 rings (SSSR count). The van der Waals surface area contributed by atoms with Crippen LogP contribution in [0, 0.1) is 0 Å². The van der Waals surface area contributed by atoms with E-state index in [0.29, 0.717) is 11.7 Å². The van der Waals surface area contributed by atoms with E-state index in [2.05, 4.69) is 29.2 Å². The van der Waals surface area contributed by atoms with Gasteiger partial charge in [-0.1, -0.05) is 12.1 Å². The van der Waals surface area contributed by atoms with Crippen LogP contribution < -0.4 is 5.73 Å². The van der Waals surface area contributed by atoms with Crippen LogP contribution in [0.4, 0.5) is 0 Å². The van der Waals surface area contributed by atoms with Crippen molar-refractivity contribution in [2.75, 3.05) is 0 Å². The van der Waals surface area contributed by atoms with Crippen molar-refractivity contribution in [3.05, 3.63) is 33.6 Å². The molecule has 2 aromatic rings. The summed E-state index contributed by atoms with van der Waals surface area (Å²) in [4.78, 5) is 6.82. The highest BCUT2D eigenvalue weighted by atomic mass is 32.1. The first-order valence-electron chi connectivity index (χ1n) is 5.95. The molecular formula is C12H15N3OS.